The molecule has 0 saturated heterocycles. The van der Waals surface area contributed by atoms with Crippen LogP contribution in [0.3, 0.4) is 0 Å². The molecule has 2 rings (SSSR count). The Balaban J connectivity index is 2.14. The minimum atomic E-state index is -3.29. The summed E-state index contributed by atoms with van der Waals surface area (Å²) in [7, 11) is -3.29. The van der Waals surface area contributed by atoms with Crippen LogP contribution < -0.4 is 5.32 Å². The van der Waals surface area contributed by atoms with E-state index in [1.165, 1.54) is 6.26 Å². The van der Waals surface area contributed by atoms with E-state index in [-0.39, 0.29) is 4.90 Å². The minimum absolute atomic E-state index is 0.271. The molecule has 0 fully saturated rings. The number of nitrogens with one attached hydrogen (secondary N) is 1. The maximum Gasteiger partial charge on any atom is 0.175 e. The monoisotopic (exact) mass is 310 g/mol. The molecular formula is C14H15ClN2O2S. The molecule has 2 aromatic rings. The summed E-state index contributed by atoms with van der Waals surface area (Å²) in [6.45, 7) is 1.02. The van der Waals surface area contributed by atoms with Crippen LogP contribution in [0.15, 0.2) is 47.6 Å². The smallest absolute Gasteiger partial charge is 0.175 e. The van der Waals surface area contributed by atoms with Gasteiger partial charge in [0.05, 0.1) is 4.90 Å². The van der Waals surface area contributed by atoms with Crippen molar-refractivity contribution in [1.82, 2.24) is 10.3 Å². The standard InChI is InChI=1S/C14H15ClN2O2S/c1-20(18,19)14-4-2-3-13(15)12(14)10-17-9-11-5-7-16-8-6-11/h2-8,17H,9-10H2,1H3. The maximum absolute atomic E-state index is 11.7. The Morgan fingerprint density at radius 2 is 1.85 bits per heavy atom. The van der Waals surface area contributed by atoms with Crippen LogP contribution in [0.2, 0.25) is 5.02 Å². The predicted octanol–water partition coefficient (Wildman–Crippen LogP) is 2.43. The lowest BCUT2D eigenvalue weighted by Gasteiger charge is -2.11. The molecule has 0 amide bonds. The molecule has 0 atom stereocenters. The van der Waals surface area contributed by atoms with E-state index >= 15 is 0 Å². The third-order valence-electron chi connectivity index (χ3n) is 2.86. The van der Waals surface area contributed by atoms with Gasteiger partial charge in [0, 0.05) is 42.3 Å². The lowest BCUT2D eigenvalue weighted by Crippen LogP contribution is -2.15. The van der Waals surface area contributed by atoms with Crippen molar-refractivity contribution in [2.45, 2.75) is 18.0 Å². The van der Waals surface area contributed by atoms with Crippen molar-refractivity contribution in [2.75, 3.05) is 6.26 Å². The fourth-order valence-electron chi connectivity index (χ4n) is 1.89. The highest BCUT2D eigenvalue weighted by molar-refractivity contribution is 7.90. The first-order valence-electron chi connectivity index (χ1n) is 6.05. The van der Waals surface area contributed by atoms with Gasteiger partial charge in [0.1, 0.15) is 0 Å². The molecule has 0 unspecified atom stereocenters. The number of rotatable bonds is 5. The summed E-state index contributed by atoms with van der Waals surface area (Å²) in [5.74, 6) is 0. The summed E-state index contributed by atoms with van der Waals surface area (Å²) < 4.78 is 23.5. The average molecular weight is 311 g/mol. The second-order valence-electron chi connectivity index (χ2n) is 4.45. The van der Waals surface area contributed by atoms with Crippen molar-refractivity contribution in [1.29, 1.82) is 0 Å². The van der Waals surface area contributed by atoms with Crippen molar-refractivity contribution in [3.8, 4) is 0 Å². The van der Waals surface area contributed by atoms with Crippen LogP contribution in [0.5, 0.6) is 0 Å². The number of sulfone groups is 1. The van der Waals surface area contributed by atoms with Gasteiger partial charge in [-0.15, -0.1) is 0 Å². The Kier molecular flexibility index (Phi) is 4.75. The first-order chi connectivity index (χ1) is 9.48. The number of nitrogens with zero attached hydrogens (tertiary/aromatic N) is 1. The summed E-state index contributed by atoms with van der Waals surface area (Å²) >= 11 is 6.10. The number of benzene rings is 1. The molecule has 0 radical (unpaired) electrons. The highest BCUT2D eigenvalue weighted by Gasteiger charge is 2.15. The van der Waals surface area contributed by atoms with Gasteiger partial charge in [-0.05, 0) is 29.8 Å². The first-order valence-corrected chi connectivity index (χ1v) is 8.32. The largest absolute Gasteiger partial charge is 0.309 e. The second kappa shape index (κ2) is 6.35. The molecule has 20 heavy (non-hydrogen) atoms. The molecular weight excluding hydrogens is 296 g/mol. The molecule has 0 bridgehead atoms. The van der Waals surface area contributed by atoms with Crippen molar-refractivity contribution in [2.24, 2.45) is 0 Å². The highest BCUT2D eigenvalue weighted by atomic mass is 35.5. The molecule has 6 heteroatoms. The van der Waals surface area contributed by atoms with E-state index < -0.39 is 9.84 Å². The molecule has 1 aromatic carbocycles. The number of aromatic nitrogens is 1. The number of pyridine rings is 1. The molecule has 0 aliphatic heterocycles. The normalized spacial score (nSPS) is 11.5. The minimum Gasteiger partial charge on any atom is -0.309 e. The van der Waals surface area contributed by atoms with E-state index in [4.69, 9.17) is 11.6 Å². The van der Waals surface area contributed by atoms with Gasteiger partial charge in [-0.25, -0.2) is 8.42 Å². The lowest BCUT2D eigenvalue weighted by atomic mass is 10.2. The summed E-state index contributed by atoms with van der Waals surface area (Å²) in [5.41, 5.74) is 1.68. The Labute approximate surface area is 123 Å². The summed E-state index contributed by atoms with van der Waals surface area (Å²) in [5, 5.41) is 3.65. The van der Waals surface area contributed by atoms with Gasteiger partial charge in [-0.1, -0.05) is 17.7 Å². The molecule has 0 aliphatic rings. The molecule has 1 heterocycles. The van der Waals surface area contributed by atoms with E-state index in [9.17, 15) is 8.42 Å². The van der Waals surface area contributed by atoms with Crippen molar-refractivity contribution < 1.29 is 8.42 Å². The van der Waals surface area contributed by atoms with Crippen LogP contribution in [0, 0.1) is 0 Å². The molecule has 0 spiro atoms. The van der Waals surface area contributed by atoms with Gasteiger partial charge >= 0.3 is 0 Å². The van der Waals surface area contributed by atoms with Crippen molar-refractivity contribution in [3.05, 3.63) is 58.9 Å². The van der Waals surface area contributed by atoms with Crippen LogP contribution in [-0.2, 0) is 22.9 Å². The molecule has 106 valence electrons. The SMILES string of the molecule is CS(=O)(=O)c1cccc(Cl)c1CNCc1ccncc1. The van der Waals surface area contributed by atoms with Crippen molar-refractivity contribution in [3.63, 3.8) is 0 Å². The van der Waals surface area contributed by atoms with Crippen LogP contribution in [0.25, 0.3) is 0 Å². The second-order valence-corrected chi connectivity index (χ2v) is 6.84. The number of hydrogen-bond donors (Lipinski definition) is 1. The predicted molar refractivity (Wildman–Crippen MR) is 79.3 cm³/mol. The molecule has 1 aromatic heterocycles. The third kappa shape index (κ3) is 3.79. The van der Waals surface area contributed by atoms with Gasteiger partial charge in [0.2, 0.25) is 0 Å². The molecule has 0 saturated carbocycles. The van der Waals surface area contributed by atoms with Crippen LogP contribution in [0.1, 0.15) is 11.1 Å². The van der Waals surface area contributed by atoms with Gasteiger partial charge < -0.3 is 5.32 Å². The zero-order valence-corrected chi connectivity index (χ0v) is 12.6. The maximum atomic E-state index is 11.7. The lowest BCUT2D eigenvalue weighted by molar-refractivity contribution is 0.598. The van der Waals surface area contributed by atoms with Gasteiger partial charge in [-0.3, -0.25) is 4.98 Å². The fourth-order valence-corrected chi connectivity index (χ4v) is 3.14. The zero-order valence-electron chi connectivity index (χ0n) is 11.0. The van der Waals surface area contributed by atoms with E-state index in [1.807, 2.05) is 12.1 Å². The highest BCUT2D eigenvalue weighted by Crippen LogP contribution is 2.23. The summed E-state index contributed by atoms with van der Waals surface area (Å²) in [6, 6.07) is 8.71. The number of halogens is 1. The quantitative estimate of drug-likeness (QED) is 0.921. The van der Waals surface area contributed by atoms with Crippen LogP contribution in [0.4, 0.5) is 0 Å². The molecule has 4 nitrogen and oxygen atoms in total. The Bertz CT molecular complexity index is 688. The molecule has 1 N–H and O–H groups in total. The topological polar surface area (TPSA) is 59.1 Å². The van der Waals surface area contributed by atoms with Gasteiger partial charge in [-0.2, -0.15) is 0 Å². The van der Waals surface area contributed by atoms with Gasteiger partial charge in [0.25, 0.3) is 0 Å². The average Bonchev–Trinajstić information content (AvgIpc) is 2.40. The van der Waals surface area contributed by atoms with Crippen LogP contribution >= 0.6 is 11.6 Å². The van der Waals surface area contributed by atoms with Crippen LogP contribution in [-0.4, -0.2) is 19.7 Å². The third-order valence-corrected chi connectivity index (χ3v) is 4.39. The number of hydrogen-bond acceptors (Lipinski definition) is 4. The van der Waals surface area contributed by atoms with Crippen molar-refractivity contribution >= 4 is 21.4 Å². The Hall–Kier alpha value is -1.43. The van der Waals surface area contributed by atoms with E-state index in [1.54, 1.807) is 30.6 Å². The van der Waals surface area contributed by atoms with E-state index in [2.05, 4.69) is 10.3 Å². The fraction of sp³-hybridized carbons (Fsp3) is 0.214. The molecule has 0 aliphatic carbocycles. The first kappa shape index (κ1) is 15.0. The van der Waals surface area contributed by atoms with E-state index in [0.717, 1.165) is 5.56 Å². The Morgan fingerprint density at radius 3 is 2.50 bits per heavy atom. The van der Waals surface area contributed by atoms with E-state index in [0.29, 0.717) is 23.7 Å². The zero-order chi connectivity index (χ0) is 14.6. The Morgan fingerprint density at radius 1 is 1.15 bits per heavy atom. The van der Waals surface area contributed by atoms with Gasteiger partial charge in [0.15, 0.2) is 9.84 Å². The summed E-state index contributed by atoms with van der Waals surface area (Å²) in [6.07, 6.45) is 4.62. The summed E-state index contributed by atoms with van der Waals surface area (Å²) in [4.78, 5) is 4.21.